The number of aromatic nitrogens is 2. The first-order chi connectivity index (χ1) is 12.6. The number of aliphatic hydroxyl groups excluding tert-OH is 1. The molecule has 2 aromatic carbocycles. The van der Waals surface area contributed by atoms with Gasteiger partial charge in [-0.15, -0.1) is 0 Å². The number of rotatable bonds is 5. The highest BCUT2D eigenvalue weighted by Gasteiger charge is 2.22. The number of nitrogens with zero attached hydrogens (tertiary/aromatic N) is 2. The second-order valence-electron chi connectivity index (χ2n) is 7.01. The van der Waals surface area contributed by atoms with Crippen LogP contribution in [0.5, 0.6) is 0 Å². The predicted molar refractivity (Wildman–Crippen MR) is 101 cm³/mol. The van der Waals surface area contributed by atoms with Gasteiger partial charge in [-0.25, -0.2) is 4.79 Å². The first-order valence-electron chi connectivity index (χ1n) is 9.17. The van der Waals surface area contributed by atoms with Crippen LogP contribution in [0.4, 0.5) is 0 Å². The average molecular weight is 352 g/mol. The Morgan fingerprint density at radius 3 is 2.73 bits per heavy atom. The molecule has 0 radical (unpaired) electrons. The fourth-order valence-corrected chi connectivity index (χ4v) is 3.91. The van der Waals surface area contributed by atoms with Crippen LogP contribution in [0.1, 0.15) is 30.1 Å². The van der Waals surface area contributed by atoms with Crippen molar-refractivity contribution in [1.29, 1.82) is 0 Å². The van der Waals surface area contributed by atoms with Gasteiger partial charge in [-0.05, 0) is 42.5 Å². The van der Waals surface area contributed by atoms with Crippen LogP contribution >= 0.6 is 0 Å². The Morgan fingerprint density at radius 1 is 1.15 bits per heavy atom. The summed E-state index contributed by atoms with van der Waals surface area (Å²) in [5, 5.41) is 10.5. The monoisotopic (exact) mass is 352 g/mol. The zero-order chi connectivity index (χ0) is 18.1. The maximum absolute atomic E-state index is 12.5. The maximum atomic E-state index is 12.5. The summed E-state index contributed by atoms with van der Waals surface area (Å²) in [4.78, 5) is 12.5. The lowest BCUT2D eigenvalue weighted by molar-refractivity contribution is -0.0225. The van der Waals surface area contributed by atoms with Crippen LogP contribution in [0.25, 0.3) is 11.0 Å². The highest BCUT2D eigenvalue weighted by Crippen LogP contribution is 2.32. The molecule has 5 nitrogen and oxygen atoms in total. The van der Waals surface area contributed by atoms with Gasteiger partial charge in [0.15, 0.2) is 0 Å². The number of fused-ring (bicyclic) bond motifs is 2. The summed E-state index contributed by atoms with van der Waals surface area (Å²) in [6.45, 7) is 0.448. The van der Waals surface area contributed by atoms with E-state index in [0.29, 0.717) is 0 Å². The minimum atomic E-state index is -0.729. The number of hydrogen-bond donors (Lipinski definition) is 1. The molecule has 26 heavy (non-hydrogen) atoms. The summed E-state index contributed by atoms with van der Waals surface area (Å²) in [7, 11) is 1.75. The van der Waals surface area contributed by atoms with Crippen LogP contribution in [0.15, 0.2) is 53.3 Å². The van der Waals surface area contributed by atoms with Crippen molar-refractivity contribution in [2.24, 2.45) is 7.05 Å². The molecular weight excluding hydrogens is 328 g/mol. The predicted octanol–water partition coefficient (Wildman–Crippen LogP) is 2.80. The Bertz CT molecular complexity index is 973. The summed E-state index contributed by atoms with van der Waals surface area (Å²) in [5.74, 6) is 0. The molecule has 0 saturated heterocycles. The zero-order valence-corrected chi connectivity index (χ0v) is 15.0. The summed E-state index contributed by atoms with van der Waals surface area (Å²) >= 11 is 0. The van der Waals surface area contributed by atoms with Crippen LogP contribution < -0.4 is 5.69 Å². The number of ether oxygens (including phenoxy) is 1. The first-order valence-corrected chi connectivity index (χ1v) is 9.17. The summed E-state index contributed by atoms with van der Waals surface area (Å²) in [6, 6.07) is 16.0. The van der Waals surface area contributed by atoms with Crippen molar-refractivity contribution >= 4 is 11.0 Å². The SMILES string of the molecule is Cn1c(=O)n(C[C@H](O)CO[C@@H]2CCCc3ccccc32)c2ccccc21. The molecule has 0 unspecified atom stereocenters. The van der Waals surface area contributed by atoms with E-state index < -0.39 is 6.10 Å². The van der Waals surface area contributed by atoms with Gasteiger partial charge in [-0.2, -0.15) is 0 Å². The Labute approximate surface area is 152 Å². The molecule has 5 heteroatoms. The van der Waals surface area contributed by atoms with Crippen LogP contribution in [0.3, 0.4) is 0 Å². The molecule has 2 atom stereocenters. The smallest absolute Gasteiger partial charge is 0.328 e. The van der Waals surface area contributed by atoms with Gasteiger partial charge in [0.2, 0.25) is 0 Å². The lowest BCUT2D eigenvalue weighted by Crippen LogP contribution is -2.30. The Hall–Kier alpha value is -2.37. The Morgan fingerprint density at radius 2 is 1.88 bits per heavy atom. The van der Waals surface area contributed by atoms with Gasteiger partial charge < -0.3 is 9.84 Å². The van der Waals surface area contributed by atoms with Gasteiger partial charge in [0.05, 0.1) is 36.4 Å². The molecule has 1 aliphatic rings. The Kier molecular flexibility index (Phi) is 4.66. The van der Waals surface area contributed by atoms with Crippen LogP contribution in [-0.2, 0) is 24.8 Å². The lowest BCUT2D eigenvalue weighted by Gasteiger charge is -2.26. The second-order valence-corrected chi connectivity index (χ2v) is 7.01. The number of aryl methyl sites for hydroxylation is 2. The molecule has 0 amide bonds. The van der Waals surface area contributed by atoms with Crippen LogP contribution in [0.2, 0.25) is 0 Å². The third-order valence-corrected chi connectivity index (χ3v) is 5.25. The molecule has 0 fully saturated rings. The quantitative estimate of drug-likeness (QED) is 0.768. The fourth-order valence-electron chi connectivity index (χ4n) is 3.91. The third-order valence-electron chi connectivity index (χ3n) is 5.25. The number of hydrogen-bond acceptors (Lipinski definition) is 3. The van der Waals surface area contributed by atoms with Crippen LogP contribution in [-0.4, -0.2) is 27.0 Å². The van der Waals surface area contributed by atoms with Crippen LogP contribution in [0, 0.1) is 0 Å². The number of imidazole rings is 1. The highest BCUT2D eigenvalue weighted by atomic mass is 16.5. The first kappa shape index (κ1) is 17.1. The van der Waals surface area contributed by atoms with E-state index >= 15 is 0 Å². The molecule has 0 aliphatic heterocycles. The Balaban J connectivity index is 1.47. The summed E-state index contributed by atoms with van der Waals surface area (Å²) in [5.41, 5.74) is 4.15. The third kappa shape index (κ3) is 3.08. The fraction of sp³-hybridized carbons (Fsp3) is 0.381. The van der Waals surface area contributed by atoms with Crippen molar-refractivity contribution < 1.29 is 9.84 Å². The number of para-hydroxylation sites is 2. The number of aliphatic hydroxyl groups is 1. The van der Waals surface area contributed by atoms with Gasteiger partial charge in [0, 0.05) is 7.05 Å². The lowest BCUT2D eigenvalue weighted by atomic mass is 9.89. The van der Waals surface area contributed by atoms with Crippen molar-refractivity contribution in [2.45, 2.75) is 38.0 Å². The van der Waals surface area contributed by atoms with Crippen molar-refractivity contribution in [3.8, 4) is 0 Å². The maximum Gasteiger partial charge on any atom is 0.328 e. The largest absolute Gasteiger partial charge is 0.389 e. The van der Waals surface area contributed by atoms with E-state index in [9.17, 15) is 9.90 Å². The highest BCUT2D eigenvalue weighted by molar-refractivity contribution is 5.75. The van der Waals surface area contributed by atoms with E-state index in [1.807, 2.05) is 30.3 Å². The van der Waals surface area contributed by atoms with E-state index in [4.69, 9.17) is 4.74 Å². The van der Waals surface area contributed by atoms with Crippen molar-refractivity contribution in [3.05, 3.63) is 70.1 Å². The van der Waals surface area contributed by atoms with E-state index in [2.05, 4.69) is 18.2 Å². The van der Waals surface area contributed by atoms with E-state index in [0.717, 1.165) is 30.3 Å². The molecule has 4 rings (SSSR count). The average Bonchev–Trinajstić information content (AvgIpc) is 2.91. The molecule has 0 spiro atoms. The van der Waals surface area contributed by atoms with Gasteiger partial charge >= 0.3 is 5.69 Å². The van der Waals surface area contributed by atoms with Gasteiger partial charge in [-0.3, -0.25) is 9.13 Å². The molecule has 1 heterocycles. The second kappa shape index (κ2) is 7.09. The normalized spacial score (nSPS) is 18.0. The van der Waals surface area contributed by atoms with Gasteiger partial charge in [-0.1, -0.05) is 36.4 Å². The van der Waals surface area contributed by atoms with E-state index in [1.54, 1.807) is 16.2 Å². The standard InChI is InChI=1S/C21H24N2O3/c1-22-18-10-4-5-11-19(18)23(21(22)25)13-16(24)14-26-20-12-6-8-15-7-2-3-9-17(15)20/h2-5,7,9-11,16,20,24H,6,8,12-14H2,1H3/t16-,20+/m0/s1. The van der Waals surface area contributed by atoms with Gasteiger partial charge in [0.1, 0.15) is 0 Å². The van der Waals surface area contributed by atoms with Crippen molar-refractivity contribution in [2.75, 3.05) is 6.61 Å². The van der Waals surface area contributed by atoms with E-state index in [-0.39, 0.29) is 24.9 Å². The van der Waals surface area contributed by atoms with E-state index in [1.165, 1.54) is 11.1 Å². The molecule has 0 saturated carbocycles. The molecule has 0 bridgehead atoms. The van der Waals surface area contributed by atoms with Crippen molar-refractivity contribution in [3.63, 3.8) is 0 Å². The summed E-state index contributed by atoms with van der Waals surface area (Å²) < 4.78 is 9.26. The minimum Gasteiger partial charge on any atom is -0.389 e. The molecule has 3 aromatic rings. The molecule has 1 aliphatic carbocycles. The zero-order valence-electron chi connectivity index (χ0n) is 15.0. The topological polar surface area (TPSA) is 56.4 Å². The molecular formula is C21H24N2O3. The minimum absolute atomic E-state index is 0.0267. The van der Waals surface area contributed by atoms with Gasteiger partial charge in [0.25, 0.3) is 0 Å². The molecule has 136 valence electrons. The summed E-state index contributed by atoms with van der Waals surface area (Å²) in [6.07, 6.45) is 2.45. The molecule has 1 aromatic heterocycles. The van der Waals surface area contributed by atoms with Crippen molar-refractivity contribution in [1.82, 2.24) is 9.13 Å². The number of benzene rings is 2. The molecule has 1 N–H and O–H groups in total.